The minimum absolute atomic E-state index is 0.0556. The molecule has 1 saturated heterocycles. The standard InChI is InChI=1S/C6H8N2O3.C4H9O/c1-8-2-5(10)7-6(11)4(8)3-9;1-4(2)3-5/h3-4H,2H2,1H3,(H,7,10,11);4H,3H2,1-2H3. The van der Waals surface area contributed by atoms with Crippen molar-refractivity contribution in [2.75, 3.05) is 20.2 Å². The van der Waals surface area contributed by atoms with E-state index in [1.54, 1.807) is 7.05 Å². The van der Waals surface area contributed by atoms with Crippen LogP contribution in [0, 0.1) is 5.92 Å². The highest BCUT2D eigenvalue weighted by Crippen LogP contribution is 1.98. The van der Waals surface area contributed by atoms with Crippen LogP contribution in [0.2, 0.25) is 0 Å². The lowest BCUT2D eigenvalue weighted by atomic mass is 10.2. The van der Waals surface area contributed by atoms with Gasteiger partial charge in [-0.2, -0.15) is 0 Å². The van der Waals surface area contributed by atoms with Gasteiger partial charge in [-0.1, -0.05) is 13.8 Å². The maximum atomic E-state index is 10.8. The minimum atomic E-state index is -0.812. The van der Waals surface area contributed by atoms with Gasteiger partial charge in [-0.05, 0) is 13.0 Å². The zero-order chi connectivity index (χ0) is 12.7. The third-order valence-corrected chi connectivity index (χ3v) is 1.86. The van der Waals surface area contributed by atoms with Gasteiger partial charge in [-0.15, -0.1) is 0 Å². The molecule has 6 nitrogen and oxygen atoms in total. The fourth-order valence-corrected chi connectivity index (χ4v) is 0.942. The predicted octanol–water partition coefficient (Wildman–Crippen LogP) is -0.785. The average Bonchev–Trinajstić information content (AvgIpc) is 2.17. The highest BCUT2D eigenvalue weighted by molar-refractivity contribution is 6.07. The van der Waals surface area contributed by atoms with Crippen LogP contribution in [0.3, 0.4) is 0 Å². The molecule has 0 aromatic heterocycles. The summed E-state index contributed by atoms with van der Waals surface area (Å²) in [7, 11) is 1.55. The van der Waals surface area contributed by atoms with E-state index >= 15 is 0 Å². The number of piperazine rings is 1. The van der Waals surface area contributed by atoms with Crippen LogP contribution in [0.1, 0.15) is 13.8 Å². The zero-order valence-corrected chi connectivity index (χ0v) is 9.73. The molecule has 1 radical (unpaired) electrons. The smallest absolute Gasteiger partial charge is 0.251 e. The van der Waals surface area contributed by atoms with Crippen molar-refractivity contribution in [3.8, 4) is 0 Å². The minimum Gasteiger partial charge on any atom is -0.301 e. The van der Waals surface area contributed by atoms with Crippen LogP contribution in [-0.2, 0) is 19.5 Å². The van der Waals surface area contributed by atoms with Crippen molar-refractivity contribution in [3.63, 3.8) is 0 Å². The Bertz CT molecular complexity index is 266. The van der Waals surface area contributed by atoms with Gasteiger partial charge in [0.1, 0.15) is 12.3 Å². The molecule has 1 atom stereocenters. The van der Waals surface area contributed by atoms with E-state index in [9.17, 15) is 19.5 Å². The summed E-state index contributed by atoms with van der Waals surface area (Å²) >= 11 is 0. The molecule has 1 aliphatic rings. The third kappa shape index (κ3) is 4.99. The normalized spacial score (nSPS) is 21.2. The molecule has 1 unspecified atom stereocenters. The molecule has 6 heteroatoms. The Morgan fingerprint density at radius 1 is 1.50 bits per heavy atom. The van der Waals surface area contributed by atoms with Crippen LogP contribution in [0.25, 0.3) is 0 Å². The van der Waals surface area contributed by atoms with Crippen molar-refractivity contribution < 1.29 is 19.5 Å². The molecule has 16 heavy (non-hydrogen) atoms. The number of imide groups is 1. The van der Waals surface area contributed by atoms with E-state index in [0.29, 0.717) is 12.2 Å². The topological polar surface area (TPSA) is 86.4 Å². The van der Waals surface area contributed by atoms with Crippen molar-refractivity contribution >= 4 is 18.1 Å². The second-order valence-corrected chi connectivity index (χ2v) is 3.97. The quantitative estimate of drug-likeness (QED) is 0.382. The summed E-state index contributed by atoms with van der Waals surface area (Å²) < 4.78 is 0. The molecule has 0 aromatic carbocycles. The van der Waals surface area contributed by atoms with Crippen molar-refractivity contribution in [3.05, 3.63) is 0 Å². The van der Waals surface area contributed by atoms with E-state index in [1.807, 2.05) is 13.8 Å². The van der Waals surface area contributed by atoms with Crippen LogP contribution in [0.15, 0.2) is 0 Å². The molecule has 2 amide bonds. The van der Waals surface area contributed by atoms with E-state index in [4.69, 9.17) is 0 Å². The number of hydrogen-bond acceptors (Lipinski definition) is 4. The SMILES string of the molecule is CC(C)C[O].CN1CC(=O)NC(=O)C1C=O. The third-order valence-electron chi connectivity index (χ3n) is 1.86. The summed E-state index contributed by atoms with van der Waals surface area (Å²) in [6.07, 6.45) is 0.516. The van der Waals surface area contributed by atoms with Gasteiger partial charge in [-0.25, -0.2) is 5.11 Å². The van der Waals surface area contributed by atoms with Gasteiger partial charge in [0.2, 0.25) is 5.91 Å². The Morgan fingerprint density at radius 3 is 2.31 bits per heavy atom. The molecular weight excluding hydrogens is 212 g/mol. The average molecular weight is 229 g/mol. The van der Waals surface area contributed by atoms with Crippen molar-refractivity contribution in [2.24, 2.45) is 5.92 Å². The summed E-state index contributed by atoms with van der Waals surface area (Å²) in [4.78, 5) is 33.2. The molecule has 91 valence electrons. The summed E-state index contributed by atoms with van der Waals surface area (Å²) in [5.41, 5.74) is 0. The van der Waals surface area contributed by atoms with Gasteiger partial charge >= 0.3 is 0 Å². The van der Waals surface area contributed by atoms with Crippen molar-refractivity contribution in [2.45, 2.75) is 19.9 Å². The first-order chi connectivity index (χ1) is 7.42. The second-order valence-electron chi connectivity index (χ2n) is 3.97. The van der Waals surface area contributed by atoms with E-state index in [1.165, 1.54) is 4.90 Å². The first-order valence-corrected chi connectivity index (χ1v) is 4.99. The van der Waals surface area contributed by atoms with Gasteiger partial charge in [0, 0.05) is 0 Å². The number of rotatable bonds is 2. The molecule has 0 spiro atoms. The molecule has 0 bridgehead atoms. The molecule has 1 rings (SSSR count). The monoisotopic (exact) mass is 229 g/mol. The van der Waals surface area contributed by atoms with Crippen LogP contribution in [0.5, 0.6) is 0 Å². The second kappa shape index (κ2) is 7.08. The van der Waals surface area contributed by atoms with Gasteiger partial charge < -0.3 is 4.79 Å². The predicted molar refractivity (Wildman–Crippen MR) is 56.0 cm³/mol. The molecule has 1 aliphatic heterocycles. The van der Waals surface area contributed by atoms with Gasteiger partial charge in [0.25, 0.3) is 5.91 Å². The molecule has 0 aromatic rings. The maximum Gasteiger partial charge on any atom is 0.251 e. The summed E-state index contributed by atoms with van der Waals surface area (Å²) in [6.45, 7) is 3.97. The lowest BCUT2D eigenvalue weighted by Gasteiger charge is -2.26. The lowest BCUT2D eigenvalue weighted by Crippen LogP contribution is -2.57. The maximum absolute atomic E-state index is 10.8. The van der Waals surface area contributed by atoms with E-state index < -0.39 is 11.9 Å². The lowest BCUT2D eigenvalue weighted by molar-refractivity contribution is -0.140. The Morgan fingerprint density at radius 2 is 2.00 bits per heavy atom. The Hall–Kier alpha value is -1.27. The van der Waals surface area contributed by atoms with Crippen LogP contribution in [-0.4, -0.2) is 49.2 Å². The number of carbonyl (C=O) groups excluding carboxylic acids is 3. The van der Waals surface area contributed by atoms with E-state index in [2.05, 4.69) is 5.32 Å². The number of nitrogens with one attached hydrogen (secondary N) is 1. The number of hydrogen-bond donors (Lipinski definition) is 1. The first kappa shape index (κ1) is 14.7. The molecule has 1 heterocycles. The summed E-state index contributed by atoms with van der Waals surface area (Å²) in [5.74, 6) is -0.579. The van der Waals surface area contributed by atoms with Crippen LogP contribution in [0.4, 0.5) is 0 Å². The van der Waals surface area contributed by atoms with Gasteiger partial charge in [0.15, 0.2) is 0 Å². The molecule has 1 fully saturated rings. The summed E-state index contributed by atoms with van der Waals surface area (Å²) in [5, 5.41) is 11.7. The van der Waals surface area contributed by atoms with Gasteiger partial charge in [0.05, 0.1) is 13.2 Å². The van der Waals surface area contributed by atoms with E-state index in [0.717, 1.165) is 0 Å². The molecule has 1 N–H and O–H groups in total. The number of aldehydes is 1. The van der Waals surface area contributed by atoms with Gasteiger partial charge in [-0.3, -0.25) is 19.8 Å². The Labute approximate surface area is 94.6 Å². The molecule has 0 aliphatic carbocycles. The van der Waals surface area contributed by atoms with Crippen molar-refractivity contribution in [1.29, 1.82) is 0 Å². The zero-order valence-electron chi connectivity index (χ0n) is 9.73. The highest BCUT2D eigenvalue weighted by Gasteiger charge is 2.30. The van der Waals surface area contributed by atoms with E-state index in [-0.39, 0.29) is 19.1 Å². The number of nitrogens with zero attached hydrogens (tertiary/aromatic N) is 1. The van der Waals surface area contributed by atoms with Crippen molar-refractivity contribution in [1.82, 2.24) is 10.2 Å². The fourth-order valence-electron chi connectivity index (χ4n) is 0.942. The summed E-state index contributed by atoms with van der Waals surface area (Å²) in [6, 6.07) is -0.812. The van der Waals surface area contributed by atoms with Crippen LogP contribution >= 0.6 is 0 Å². The van der Waals surface area contributed by atoms with Crippen LogP contribution < -0.4 is 5.32 Å². The molecule has 0 saturated carbocycles. The number of carbonyl (C=O) groups is 3. The largest absolute Gasteiger partial charge is 0.301 e. The fraction of sp³-hybridized carbons (Fsp3) is 0.700. The Balaban J connectivity index is 0.000000385. The highest BCUT2D eigenvalue weighted by atomic mass is 16.3. The Kier molecular flexibility index (Phi) is 6.52. The first-order valence-electron chi connectivity index (χ1n) is 4.99. The number of likely N-dealkylation sites (N-methyl/N-ethyl adjacent to an activating group) is 1. The molecular formula is C10H17N2O4. The number of amides is 2.